The third-order valence-corrected chi connectivity index (χ3v) is 1.90. The van der Waals surface area contributed by atoms with E-state index in [9.17, 15) is 0 Å². The Hall–Kier alpha value is -0.823. The van der Waals surface area contributed by atoms with E-state index in [0.29, 0.717) is 0 Å². The molecule has 0 saturated carbocycles. The molecule has 0 heterocycles. The second kappa shape index (κ2) is 2.64. The van der Waals surface area contributed by atoms with Crippen LogP contribution < -0.4 is 5.19 Å². The van der Waals surface area contributed by atoms with Crippen molar-refractivity contribution in [3.63, 3.8) is 0 Å². The second-order valence-electron chi connectivity index (χ2n) is 2.12. The maximum atomic E-state index is 3.69. The average Bonchev–Trinajstić information content (AvgIpc) is 1.88. The Morgan fingerprint density at radius 2 is 2.22 bits per heavy atom. The molecule has 0 amide bonds. The van der Waals surface area contributed by atoms with Crippen LogP contribution in [0.1, 0.15) is 5.56 Å². The SMILES string of the molecule is C=Cc1cccc([SiH3])c1. The Labute approximate surface area is 58.6 Å². The molecule has 1 rings (SSSR count). The molecule has 0 nitrogen and oxygen atoms in total. The van der Waals surface area contributed by atoms with E-state index in [1.54, 1.807) is 0 Å². The fourth-order valence-electron chi connectivity index (χ4n) is 0.797. The minimum Gasteiger partial charge on any atom is -0.0985 e. The first-order valence-electron chi connectivity index (χ1n) is 3.02. The molecule has 0 unspecified atom stereocenters. The smallest absolute Gasteiger partial charge is 0.0385 e. The average molecular weight is 134 g/mol. The van der Waals surface area contributed by atoms with E-state index in [0.717, 1.165) is 10.2 Å². The normalized spacial score (nSPS) is 9.33. The minimum atomic E-state index is 1.13. The second-order valence-corrected chi connectivity index (χ2v) is 3.27. The standard InChI is InChI=1S/C8H10Si/c1-2-7-4-3-5-8(9)6-7/h2-6H,1H2,9H3. The van der Waals surface area contributed by atoms with E-state index < -0.39 is 0 Å². The van der Waals surface area contributed by atoms with E-state index in [1.807, 2.05) is 6.08 Å². The number of hydrogen-bond donors (Lipinski definition) is 0. The van der Waals surface area contributed by atoms with Crippen LogP contribution in [0.25, 0.3) is 6.08 Å². The fourth-order valence-corrected chi connectivity index (χ4v) is 1.32. The van der Waals surface area contributed by atoms with Crippen LogP contribution in [-0.2, 0) is 0 Å². The molecule has 0 aliphatic heterocycles. The van der Waals surface area contributed by atoms with Gasteiger partial charge >= 0.3 is 0 Å². The highest BCUT2D eigenvalue weighted by atomic mass is 28.1. The van der Waals surface area contributed by atoms with Gasteiger partial charge in [0.15, 0.2) is 0 Å². The molecule has 0 radical (unpaired) electrons. The summed E-state index contributed by atoms with van der Waals surface area (Å²) in [6, 6.07) is 8.44. The number of benzene rings is 1. The van der Waals surface area contributed by atoms with Crippen molar-refractivity contribution in [2.45, 2.75) is 0 Å². The minimum absolute atomic E-state index is 1.13. The first kappa shape index (κ1) is 6.30. The van der Waals surface area contributed by atoms with Crippen molar-refractivity contribution in [3.05, 3.63) is 36.4 Å². The van der Waals surface area contributed by atoms with Crippen LogP contribution in [0, 0.1) is 0 Å². The molecule has 0 atom stereocenters. The zero-order valence-corrected chi connectivity index (χ0v) is 7.59. The zero-order valence-electron chi connectivity index (χ0n) is 5.59. The van der Waals surface area contributed by atoms with Crippen LogP contribution in [0.2, 0.25) is 0 Å². The van der Waals surface area contributed by atoms with Gasteiger partial charge in [-0.25, -0.2) is 0 Å². The van der Waals surface area contributed by atoms with Crippen molar-refractivity contribution in [1.29, 1.82) is 0 Å². The van der Waals surface area contributed by atoms with Gasteiger partial charge in [0.25, 0.3) is 0 Å². The molecule has 1 aromatic carbocycles. The van der Waals surface area contributed by atoms with E-state index in [2.05, 4.69) is 30.8 Å². The lowest BCUT2D eigenvalue weighted by molar-refractivity contribution is 1.71. The van der Waals surface area contributed by atoms with Crippen LogP contribution in [0.4, 0.5) is 0 Å². The van der Waals surface area contributed by atoms with Gasteiger partial charge in [-0.1, -0.05) is 42.1 Å². The molecule has 0 aliphatic rings. The number of rotatable bonds is 1. The van der Waals surface area contributed by atoms with Crippen molar-refractivity contribution >= 4 is 21.5 Å². The van der Waals surface area contributed by atoms with Gasteiger partial charge in [0, 0.05) is 10.2 Å². The monoisotopic (exact) mass is 134 g/mol. The molecule has 0 aliphatic carbocycles. The van der Waals surface area contributed by atoms with Crippen LogP contribution in [-0.4, -0.2) is 10.2 Å². The van der Waals surface area contributed by atoms with Crippen LogP contribution in [0.3, 0.4) is 0 Å². The summed E-state index contributed by atoms with van der Waals surface area (Å²) >= 11 is 0. The molecular weight excluding hydrogens is 124 g/mol. The van der Waals surface area contributed by atoms with Gasteiger partial charge in [0.2, 0.25) is 0 Å². The third kappa shape index (κ3) is 1.54. The van der Waals surface area contributed by atoms with Crippen LogP contribution >= 0.6 is 0 Å². The predicted octanol–water partition coefficient (Wildman–Crippen LogP) is 0.320. The highest BCUT2D eigenvalue weighted by Crippen LogP contribution is 1.95. The molecule has 0 N–H and O–H groups in total. The molecule has 9 heavy (non-hydrogen) atoms. The maximum absolute atomic E-state index is 3.69. The maximum Gasteiger partial charge on any atom is 0.0385 e. The Morgan fingerprint density at radius 3 is 2.67 bits per heavy atom. The summed E-state index contributed by atoms with van der Waals surface area (Å²) in [5, 5.41) is 1.42. The highest BCUT2D eigenvalue weighted by molar-refractivity contribution is 6.32. The molecule has 0 fully saturated rings. The Balaban J connectivity index is 3.07. The summed E-state index contributed by atoms with van der Waals surface area (Å²) in [6.45, 7) is 3.69. The summed E-state index contributed by atoms with van der Waals surface area (Å²) in [5.74, 6) is 0. The Morgan fingerprint density at radius 1 is 1.44 bits per heavy atom. The van der Waals surface area contributed by atoms with Crippen molar-refractivity contribution in [3.8, 4) is 0 Å². The van der Waals surface area contributed by atoms with Gasteiger partial charge in [-0.3, -0.25) is 0 Å². The van der Waals surface area contributed by atoms with E-state index in [-0.39, 0.29) is 0 Å². The molecule has 1 aromatic rings. The number of hydrogen-bond acceptors (Lipinski definition) is 0. The van der Waals surface area contributed by atoms with Gasteiger partial charge in [-0.2, -0.15) is 0 Å². The summed E-state index contributed by atoms with van der Waals surface area (Å²) in [7, 11) is 1.13. The van der Waals surface area contributed by atoms with Gasteiger partial charge < -0.3 is 0 Å². The van der Waals surface area contributed by atoms with E-state index >= 15 is 0 Å². The summed E-state index contributed by atoms with van der Waals surface area (Å²) in [6.07, 6.45) is 1.88. The van der Waals surface area contributed by atoms with Crippen molar-refractivity contribution in [2.24, 2.45) is 0 Å². The van der Waals surface area contributed by atoms with Crippen molar-refractivity contribution in [2.75, 3.05) is 0 Å². The molecule has 46 valence electrons. The molecule has 0 bridgehead atoms. The zero-order chi connectivity index (χ0) is 6.69. The van der Waals surface area contributed by atoms with E-state index in [4.69, 9.17) is 0 Å². The lowest BCUT2D eigenvalue weighted by Crippen LogP contribution is -1.99. The third-order valence-electron chi connectivity index (χ3n) is 1.28. The summed E-state index contributed by atoms with van der Waals surface area (Å²) in [4.78, 5) is 0. The molecule has 0 spiro atoms. The van der Waals surface area contributed by atoms with Gasteiger partial charge in [0.1, 0.15) is 0 Å². The molecule has 0 saturated heterocycles. The van der Waals surface area contributed by atoms with Gasteiger partial charge in [-0.15, -0.1) is 0 Å². The lowest BCUT2D eigenvalue weighted by Gasteiger charge is -1.92. The highest BCUT2D eigenvalue weighted by Gasteiger charge is 1.83. The molecular formula is C8H10Si. The lowest BCUT2D eigenvalue weighted by atomic mass is 10.2. The van der Waals surface area contributed by atoms with Crippen LogP contribution in [0.5, 0.6) is 0 Å². The van der Waals surface area contributed by atoms with Gasteiger partial charge in [0.05, 0.1) is 0 Å². The quantitative estimate of drug-likeness (QED) is 0.485. The first-order chi connectivity index (χ1) is 4.33. The largest absolute Gasteiger partial charge is 0.0985 e. The topological polar surface area (TPSA) is 0 Å². The Bertz CT molecular complexity index is 216. The van der Waals surface area contributed by atoms with Crippen molar-refractivity contribution in [1.82, 2.24) is 0 Å². The predicted molar refractivity (Wildman–Crippen MR) is 46.1 cm³/mol. The van der Waals surface area contributed by atoms with Crippen LogP contribution in [0.15, 0.2) is 30.8 Å². The Kier molecular flexibility index (Phi) is 1.85. The van der Waals surface area contributed by atoms with Crippen molar-refractivity contribution < 1.29 is 0 Å². The van der Waals surface area contributed by atoms with E-state index in [1.165, 1.54) is 10.8 Å². The summed E-state index contributed by atoms with van der Waals surface area (Å²) in [5.41, 5.74) is 1.22. The molecule has 0 aromatic heterocycles. The molecule has 1 heteroatoms. The summed E-state index contributed by atoms with van der Waals surface area (Å²) < 4.78 is 0. The van der Waals surface area contributed by atoms with Gasteiger partial charge in [-0.05, 0) is 5.56 Å². The fraction of sp³-hybridized carbons (Fsp3) is 0. The first-order valence-corrected chi connectivity index (χ1v) is 4.02.